The third-order valence-electron chi connectivity index (χ3n) is 5.43. The maximum absolute atomic E-state index is 13.5. The van der Waals surface area contributed by atoms with Gasteiger partial charge < -0.3 is 9.72 Å². The van der Waals surface area contributed by atoms with Crippen LogP contribution in [0.4, 0.5) is 10.1 Å². The fraction of sp³-hybridized carbons (Fsp3) is 0.481. The molecule has 0 aliphatic heterocycles. The van der Waals surface area contributed by atoms with Gasteiger partial charge in [-0.25, -0.2) is 9.37 Å². The number of nitrogens with one attached hydrogen (secondary N) is 1. The van der Waals surface area contributed by atoms with Gasteiger partial charge in [0.1, 0.15) is 5.82 Å². The molecule has 0 aliphatic carbocycles. The van der Waals surface area contributed by atoms with Crippen LogP contribution in [-0.4, -0.2) is 15.2 Å². The molecule has 1 N–H and O–H groups in total. The molecule has 3 rings (SSSR count). The summed E-state index contributed by atoms with van der Waals surface area (Å²) < 4.78 is 15.4. The van der Waals surface area contributed by atoms with E-state index in [0.29, 0.717) is 12.1 Å². The van der Waals surface area contributed by atoms with Crippen LogP contribution in [0.15, 0.2) is 24.4 Å². The van der Waals surface area contributed by atoms with E-state index < -0.39 is 0 Å². The van der Waals surface area contributed by atoms with E-state index in [-0.39, 0.29) is 11.6 Å². The lowest BCUT2D eigenvalue weighted by atomic mass is 10.0. The molecule has 0 unspecified atom stereocenters. The van der Waals surface area contributed by atoms with E-state index in [2.05, 4.69) is 24.1 Å². The number of aryl methyl sites for hydroxylation is 4. The van der Waals surface area contributed by atoms with E-state index in [4.69, 9.17) is 0 Å². The van der Waals surface area contributed by atoms with Gasteiger partial charge in [0.2, 0.25) is 0 Å². The van der Waals surface area contributed by atoms with E-state index in [1.54, 1.807) is 6.92 Å². The summed E-state index contributed by atoms with van der Waals surface area (Å²) in [5.74, 6) is -0.218. The van der Waals surface area contributed by atoms with E-state index in [1.165, 1.54) is 31.4 Å². The van der Waals surface area contributed by atoms with Gasteiger partial charge in [-0.1, -0.05) is 47.0 Å². The number of hydrogen-bond acceptors (Lipinski definition) is 3. The number of Topliss-reactive ketones (excluding diaryl/α,β-unsaturated/α-hetero) is 1. The standard InChI is InChI=1S/C20H22FN3O.C5H12.C2H6/c1-11-6-17(21)7-12(2)18(11)9-22-19-8-16(15(5)25)10-24-14(4)13(3)23-20(19)24;1-3-5-4-2;1-2/h6-8,10,22H,9H2,1-5H3;3-5H2,1-2H3;1-2H3. The van der Waals surface area contributed by atoms with E-state index >= 15 is 0 Å². The third-order valence-corrected chi connectivity index (χ3v) is 5.43. The second kappa shape index (κ2) is 13.0. The number of hydrogen-bond donors (Lipinski definition) is 1. The molecule has 2 heterocycles. The molecule has 0 radical (unpaired) electrons. The maximum atomic E-state index is 13.5. The molecule has 0 saturated carbocycles. The fourth-order valence-corrected chi connectivity index (χ4v) is 3.45. The number of rotatable bonds is 6. The smallest absolute Gasteiger partial charge is 0.161 e. The Morgan fingerprint density at radius 2 is 1.59 bits per heavy atom. The molecule has 2 aromatic heterocycles. The molecule has 0 aliphatic rings. The van der Waals surface area contributed by atoms with Crippen molar-refractivity contribution in [3.8, 4) is 0 Å². The van der Waals surface area contributed by atoms with Crippen molar-refractivity contribution in [2.24, 2.45) is 0 Å². The average molecular weight is 442 g/mol. The molecule has 5 heteroatoms. The zero-order valence-electron chi connectivity index (χ0n) is 21.3. The van der Waals surface area contributed by atoms with Crippen molar-refractivity contribution in [1.29, 1.82) is 0 Å². The van der Waals surface area contributed by atoms with Crippen molar-refractivity contribution in [2.45, 2.75) is 88.1 Å². The van der Waals surface area contributed by atoms with E-state index in [9.17, 15) is 9.18 Å². The van der Waals surface area contributed by atoms with Crippen LogP contribution in [0.3, 0.4) is 0 Å². The zero-order valence-corrected chi connectivity index (χ0v) is 21.3. The average Bonchev–Trinajstić information content (AvgIpc) is 3.03. The highest BCUT2D eigenvalue weighted by molar-refractivity contribution is 5.95. The summed E-state index contributed by atoms with van der Waals surface area (Å²) in [6.45, 7) is 18.3. The Balaban J connectivity index is 0.000000646. The molecule has 4 nitrogen and oxygen atoms in total. The highest BCUT2D eigenvalue weighted by Crippen LogP contribution is 2.24. The Kier molecular flexibility index (Phi) is 11.1. The second-order valence-corrected chi connectivity index (χ2v) is 7.90. The zero-order chi connectivity index (χ0) is 24.4. The molecule has 0 saturated heterocycles. The quantitative estimate of drug-likeness (QED) is 0.398. The van der Waals surface area contributed by atoms with Crippen LogP contribution in [-0.2, 0) is 6.54 Å². The largest absolute Gasteiger partial charge is 0.378 e. The summed E-state index contributed by atoms with van der Waals surface area (Å²) in [5, 5.41) is 3.38. The van der Waals surface area contributed by atoms with E-state index in [1.807, 2.05) is 58.2 Å². The van der Waals surface area contributed by atoms with Gasteiger partial charge in [-0.15, -0.1) is 0 Å². The first kappa shape index (κ1) is 27.3. The number of halogens is 1. The van der Waals surface area contributed by atoms with Crippen molar-refractivity contribution < 1.29 is 9.18 Å². The number of nitrogens with zero attached hydrogens (tertiary/aromatic N) is 2. The Labute approximate surface area is 193 Å². The van der Waals surface area contributed by atoms with Gasteiger partial charge in [0, 0.05) is 24.0 Å². The number of ketones is 1. The Morgan fingerprint density at radius 1 is 1.03 bits per heavy atom. The van der Waals surface area contributed by atoms with Crippen molar-refractivity contribution in [3.05, 3.63) is 63.9 Å². The number of fused-ring (bicyclic) bond motifs is 1. The molecule has 1 aromatic carbocycles. The van der Waals surface area contributed by atoms with Gasteiger partial charge >= 0.3 is 0 Å². The van der Waals surface area contributed by atoms with Gasteiger partial charge in [-0.05, 0) is 69.5 Å². The molecule has 176 valence electrons. The van der Waals surface area contributed by atoms with E-state index in [0.717, 1.165) is 39.4 Å². The summed E-state index contributed by atoms with van der Waals surface area (Å²) in [6, 6.07) is 4.91. The van der Waals surface area contributed by atoms with Crippen LogP contribution in [0.2, 0.25) is 0 Å². The van der Waals surface area contributed by atoms with Crippen molar-refractivity contribution >= 4 is 17.1 Å². The van der Waals surface area contributed by atoms with Gasteiger partial charge in [0.05, 0.1) is 11.4 Å². The Hall–Kier alpha value is -2.69. The van der Waals surface area contributed by atoms with Crippen LogP contribution in [0.1, 0.15) is 92.3 Å². The van der Waals surface area contributed by atoms with Crippen LogP contribution in [0.5, 0.6) is 0 Å². The summed E-state index contributed by atoms with van der Waals surface area (Å²) in [6.07, 6.45) is 5.90. The highest BCUT2D eigenvalue weighted by Gasteiger charge is 2.13. The van der Waals surface area contributed by atoms with Gasteiger partial charge in [0.25, 0.3) is 0 Å². The molecule has 0 bridgehead atoms. The Bertz CT molecular complexity index is 1010. The molecule has 0 amide bonds. The van der Waals surface area contributed by atoms with Crippen LogP contribution >= 0.6 is 0 Å². The Morgan fingerprint density at radius 3 is 2.06 bits per heavy atom. The number of anilines is 1. The minimum atomic E-state index is -0.223. The maximum Gasteiger partial charge on any atom is 0.161 e. The first-order valence-electron chi connectivity index (χ1n) is 11.7. The summed E-state index contributed by atoms with van der Waals surface area (Å²) in [5.41, 5.74) is 7.01. The number of carbonyl (C=O) groups is 1. The molecule has 0 atom stereocenters. The number of pyridine rings is 1. The van der Waals surface area contributed by atoms with Gasteiger partial charge in [-0.2, -0.15) is 0 Å². The summed E-state index contributed by atoms with van der Waals surface area (Å²) >= 11 is 0. The van der Waals surface area contributed by atoms with Gasteiger partial charge in [0.15, 0.2) is 11.4 Å². The van der Waals surface area contributed by atoms with Crippen LogP contribution < -0.4 is 5.32 Å². The van der Waals surface area contributed by atoms with Gasteiger partial charge in [-0.3, -0.25) is 4.79 Å². The van der Waals surface area contributed by atoms with Crippen molar-refractivity contribution in [3.63, 3.8) is 0 Å². The highest BCUT2D eigenvalue weighted by atomic mass is 19.1. The second-order valence-electron chi connectivity index (χ2n) is 7.90. The topological polar surface area (TPSA) is 46.4 Å². The lowest BCUT2D eigenvalue weighted by Gasteiger charge is -2.14. The number of benzene rings is 1. The number of unbranched alkanes of at least 4 members (excludes halogenated alkanes) is 2. The predicted octanol–water partition coefficient (Wildman–Crippen LogP) is 7.74. The first-order chi connectivity index (χ1) is 15.2. The first-order valence-corrected chi connectivity index (χ1v) is 11.7. The van der Waals surface area contributed by atoms with Crippen molar-refractivity contribution in [1.82, 2.24) is 9.38 Å². The molecule has 32 heavy (non-hydrogen) atoms. The molecular formula is C27H40FN3O. The summed E-state index contributed by atoms with van der Waals surface area (Å²) in [7, 11) is 0. The lowest BCUT2D eigenvalue weighted by molar-refractivity contribution is 0.101. The van der Waals surface area contributed by atoms with Crippen LogP contribution in [0, 0.1) is 33.5 Å². The third kappa shape index (κ3) is 6.91. The van der Waals surface area contributed by atoms with Crippen LogP contribution in [0.25, 0.3) is 5.65 Å². The minimum Gasteiger partial charge on any atom is -0.378 e. The summed E-state index contributed by atoms with van der Waals surface area (Å²) in [4.78, 5) is 16.5. The monoisotopic (exact) mass is 441 g/mol. The number of carbonyl (C=O) groups excluding carboxylic acids is 1. The molecule has 0 fully saturated rings. The molecular weight excluding hydrogens is 401 g/mol. The predicted molar refractivity (Wildman–Crippen MR) is 134 cm³/mol. The molecule has 3 aromatic rings. The number of imidazole rings is 1. The minimum absolute atomic E-state index is 0.00449. The normalized spacial score (nSPS) is 10.2. The molecule has 0 spiro atoms. The SMILES string of the molecule is CC.CC(=O)c1cc(NCc2c(C)cc(F)cc2C)c2nc(C)c(C)n2c1.CCCCC. The van der Waals surface area contributed by atoms with Crippen molar-refractivity contribution in [2.75, 3.05) is 5.32 Å². The lowest BCUT2D eigenvalue weighted by Crippen LogP contribution is -2.07. The number of aromatic nitrogens is 2. The fourth-order valence-electron chi connectivity index (χ4n) is 3.45.